The number of aromatic nitrogens is 3. The summed E-state index contributed by atoms with van der Waals surface area (Å²) < 4.78 is 11.3. The van der Waals surface area contributed by atoms with Crippen LogP contribution in [-0.4, -0.2) is 70.4 Å². The van der Waals surface area contributed by atoms with Crippen molar-refractivity contribution in [2.24, 2.45) is 0 Å². The molecule has 1 aromatic carbocycles. The number of ether oxygens (including phenoxy) is 2. The quantitative estimate of drug-likeness (QED) is 0.252. The average Bonchev–Trinajstić information content (AvgIpc) is 2.97. The highest BCUT2D eigenvalue weighted by Gasteiger charge is 2.19. The number of carbonyl (C=O) groups is 1. The van der Waals surface area contributed by atoms with Crippen LogP contribution in [0.15, 0.2) is 72.6 Å². The summed E-state index contributed by atoms with van der Waals surface area (Å²) in [5.41, 5.74) is 3.49. The molecule has 0 atom stereocenters. The van der Waals surface area contributed by atoms with Crippen LogP contribution in [0.2, 0.25) is 0 Å². The van der Waals surface area contributed by atoms with E-state index in [4.69, 9.17) is 9.47 Å². The Labute approximate surface area is 248 Å². The van der Waals surface area contributed by atoms with Crippen LogP contribution in [0.4, 0.5) is 22.2 Å². The summed E-state index contributed by atoms with van der Waals surface area (Å²) in [7, 11) is 3.65. The fourth-order valence-electron chi connectivity index (χ4n) is 3.74. The molecule has 3 aromatic rings. The smallest absolute Gasteiger partial charge is 0.410 e. The second-order valence-corrected chi connectivity index (χ2v) is 10.9. The van der Waals surface area contributed by atoms with Gasteiger partial charge >= 0.3 is 6.09 Å². The van der Waals surface area contributed by atoms with Crippen LogP contribution >= 0.6 is 0 Å². The lowest BCUT2D eigenvalue weighted by atomic mass is 10.2. The number of nitrogens with one attached hydrogen (secondary N) is 1. The van der Waals surface area contributed by atoms with Crippen molar-refractivity contribution in [1.29, 1.82) is 0 Å². The number of allylic oxidation sites excluding steroid dienone is 3. The molecule has 10 nitrogen and oxygen atoms in total. The van der Waals surface area contributed by atoms with Crippen LogP contribution in [0.3, 0.4) is 0 Å². The van der Waals surface area contributed by atoms with E-state index in [0.29, 0.717) is 42.7 Å². The lowest BCUT2D eigenvalue weighted by Crippen LogP contribution is -2.38. The van der Waals surface area contributed by atoms with Gasteiger partial charge in [0.2, 0.25) is 5.95 Å². The van der Waals surface area contributed by atoms with Gasteiger partial charge in [0, 0.05) is 56.4 Å². The van der Waals surface area contributed by atoms with Crippen molar-refractivity contribution >= 4 is 23.5 Å². The van der Waals surface area contributed by atoms with Crippen molar-refractivity contribution in [1.82, 2.24) is 19.9 Å². The molecule has 0 saturated heterocycles. The Bertz CT molecular complexity index is 1380. The Balaban J connectivity index is 1.62. The number of hydrogen-bond acceptors (Lipinski definition) is 9. The number of carbonyl (C=O) groups excluding carboxylic acids is 1. The summed E-state index contributed by atoms with van der Waals surface area (Å²) in [5, 5.41) is 13.1. The average molecular weight is 575 g/mol. The predicted molar refractivity (Wildman–Crippen MR) is 167 cm³/mol. The highest BCUT2D eigenvalue weighted by Crippen LogP contribution is 2.26. The predicted octanol–water partition coefficient (Wildman–Crippen LogP) is 5.98. The van der Waals surface area contributed by atoms with Gasteiger partial charge in [-0.2, -0.15) is 0 Å². The number of nitrogens with zero attached hydrogens (tertiary/aromatic N) is 5. The second kappa shape index (κ2) is 15.0. The summed E-state index contributed by atoms with van der Waals surface area (Å²) in [4.78, 5) is 29.3. The molecular formula is C32H42N6O4. The number of hydrogen-bond donors (Lipinski definition) is 2. The van der Waals surface area contributed by atoms with E-state index in [1.54, 1.807) is 24.3 Å². The van der Waals surface area contributed by atoms with Crippen molar-refractivity contribution in [3.05, 3.63) is 78.2 Å². The Morgan fingerprint density at radius 2 is 1.88 bits per heavy atom. The molecule has 10 heteroatoms. The fourth-order valence-corrected chi connectivity index (χ4v) is 3.74. The van der Waals surface area contributed by atoms with Gasteiger partial charge in [-0.3, -0.25) is 0 Å². The lowest BCUT2D eigenvalue weighted by Gasteiger charge is -2.26. The topological polar surface area (TPSA) is 113 Å². The van der Waals surface area contributed by atoms with Crippen molar-refractivity contribution in [2.45, 2.75) is 46.8 Å². The maximum absolute atomic E-state index is 12.2. The zero-order chi connectivity index (χ0) is 30.7. The molecule has 3 rings (SSSR count). The highest BCUT2D eigenvalue weighted by molar-refractivity contribution is 5.68. The van der Waals surface area contributed by atoms with Crippen LogP contribution in [0, 0.1) is 0 Å². The molecule has 0 aliphatic rings. The minimum Gasteiger partial charge on any atom is -0.489 e. The molecule has 0 aliphatic heterocycles. The van der Waals surface area contributed by atoms with Crippen LogP contribution < -0.4 is 15.0 Å². The van der Waals surface area contributed by atoms with Crippen molar-refractivity contribution in [2.75, 3.05) is 44.0 Å². The number of aliphatic hydroxyl groups excluding tert-OH is 1. The summed E-state index contributed by atoms with van der Waals surface area (Å²) in [6.45, 7) is 10.9. The number of pyridine rings is 1. The first-order chi connectivity index (χ1) is 20.0. The molecule has 0 radical (unpaired) electrons. The SMILES string of the molecule is C/C=C\C=C(/C)COc1ccc(Nc2nccc(-c3ccc(N(C)CCN(C)C(=O)OC(C)(C)C)nc3)n2)cc1CO. The molecule has 0 unspecified atom stereocenters. The number of rotatable bonds is 12. The first kappa shape index (κ1) is 32.1. The lowest BCUT2D eigenvalue weighted by molar-refractivity contribution is 0.0303. The van der Waals surface area contributed by atoms with Gasteiger partial charge in [0.25, 0.3) is 0 Å². The maximum Gasteiger partial charge on any atom is 0.410 e. The molecule has 224 valence electrons. The largest absolute Gasteiger partial charge is 0.489 e. The van der Waals surface area contributed by atoms with Crippen LogP contribution in [0.5, 0.6) is 5.75 Å². The van der Waals surface area contributed by atoms with Crippen molar-refractivity contribution in [3.63, 3.8) is 0 Å². The molecular weight excluding hydrogens is 532 g/mol. The van der Waals surface area contributed by atoms with Crippen molar-refractivity contribution in [3.8, 4) is 17.0 Å². The molecule has 0 aliphatic carbocycles. The minimum absolute atomic E-state index is 0.160. The second-order valence-electron chi connectivity index (χ2n) is 10.9. The number of amides is 1. The highest BCUT2D eigenvalue weighted by atomic mass is 16.6. The molecule has 2 N–H and O–H groups in total. The Kier molecular flexibility index (Phi) is 11.4. The van der Waals surface area contributed by atoms with Gasteiger partial charge in [0.15, 0.2) is 0 Å². The normalized spacial score (nSPS) is 11.9. The van der Waals surface area contributed by atoms with Crippen LogP contribution in [0.25, 0.3) is 11.3 Å². The van der Waals surface area contributed by atoms with Crippen LogP contribution in [-0.2, 0) is 11.3 Å². The number of likely N-dealkylation sites (N-methyl/N-ethyl adjacent to an activating group) is 2. The third-order valence-electron chi connectivity index (χ3n) is 6.08. The van der Waals surface area contributed by atoms with Gasteiger partial charge < -0.3 is 29.7 Å². The summed E-state index contributed by atoms with van der Waals surface area (Å²) >= 11 is 0. The summed E-state index contributed by atoms with van der Waals surface area (Å²) in [5.74, 6) is 1.82. The van der Waals surface area contributed by atoms with Gasteiger partial charge in [-0.15, -0.1) is 0 Å². The first-order valence-corrected chi connectivity index (χ1v) is 13.9. The van der Waals surface area contributed by atoms with Crippen LogP contribution in [0.1, 0.15) is 40.2 Å². The number of aliphatic hydroxyl groups is 1. The van der Waals surface area contributed by atoms with Gasteiger partial charge in [0.05, 0.1) is 12.3 Å². The number of anilines is 3. The third-order valence-corrected chi connectivity index (χ3v) is 6.08. The van der Waals surface area contributed by atoms with E-state index in [1.165, 1.54) is 0 Å². The molecule has 2 heterocycles. The van der Waals surface area contributed by atoms with E-state index in [0.717, 1.165) is 22.6 Å². The monoisotopic (exact) mass is 574 g/mol. The van der Waals surface area contributed by atoms with E-state index in [2.05, 4.69) is 20.3 Å². The van der Waals surface area contributed by atoms with Crippen molar-refractivity contribution < 1.29 is 19.4 Å². The molecule has 0 saturated carbocycles. The molecule has 1 amide bonds. The standard InChI is InChI=1S/C32H42N6O4/c1-8-9-10-23(2)22-41-28-13-12-26(19-25(28)21-39)35-30-33-16-15-27(36-30)24-11-14-29(34-20-24)37(6)17-18-38(7)31(40)42-32(3,4)5/h8-16,19-20,39H,17-18,21-22H2,1-7H3,(H,33,35,36)/b9-8-,23-10+. The van der Waals surface area contributed by atoms with Gasteiger partial charge in [-0.1, -0.05) is 18.2 Å². The van der Waals surface area contributed by atoms with E-state index in [1.807, 2.05) is 101 Å². The molecule has 0 fully saturated rings. The maximum atomic E-state index is 12.2. The molecule has 0 bridgehead atoms. The molecule has 0 spiro atoms. The Hall–Kier alpha value is -4.44. The van der Waals surface area contributed by atoms with Gasteiger partial charge in [-0.25, -0.2) is 19.7 Å². The Morgan fingerprint density at radius 3 is 2.55 bits per heavy atom. The van der Waals surface area contributed by atoms with Gasteiger partial charge in [-0.05, 0) is 76.6 Å². The first-order valence-electron chi connectivity index (χ1n) is 13.9. The zero-order valence-electron chi connectivity index (χ0n) is 25.6. The minimum atomic E-state index is -0.532. The fraction of sp³-hybridized carbons (Fsp3) is 0.375. The van der Waals surface area contributed by atoms with Gasteiger partial charge in [0.1, 0.15) is 23.8 Å². The Morgan fingerprint density at radius 1 is 1.10 bits per heavy atom. The molecule has 42 heavy (non-hydrogen) atoms. The van der Waals surface area contributed by atoms with E-state index in [-0.39, 0.29) is 12.7 Å². The number of benzene rings is 1. The summed E-state index contributed by atoms with van der Waals surface area (Å²) in [6.07, 6.45) is 9.01. The molecule has 2 aromatic heterocycles. The van der Waals surface area contributed by atoms with E-state index < -0.39 is 5.60 Å². The van der Waals surface area contributed by atoms with E-state index >= 15 is 0 Å². The zero-order valence-corrected chi connectivity index (χ0v) is 25.6. The summed E-state index contributed by atoms with van der Waals surface area (Å²) in [6, 6.07) is 11.2. The third kappa shape index (κ3) is 9.88. The van der Waals surface area contributed by atoms with E-state index in [9.17, 15) is 9.90 Å².